The predicted molar refractivity (Wildman–Crippen MR) is 100 cm³/mol. The fourth-order valence-electron chi connectivity index (χ4n) is 2.59. The van der Waals surface area contributed by atoms with Gasteiger partial charge in [-0.05, 0) is 43.7 Å². The molecule has 0 saturated carbocycles. The fraction of sp³-hybridized carbons (Fsp3) is 0.211. The summed E-state index contributed by atoms with van der Waals surface area (Å²) in [5, 5.41) is 12.7. The predicted octanol–water partition coefficient (Wildman–Crippen LogP) is 3.67. The second kappa shape index (κ2) is 7.69. The minimum Gasteiger partial charge on any atom is -0.497 e. The molecule has 0 spiro atoms. The second-order valence-electron chi connectivity index (χ2n) is 5.95. The number of ether oxygens (including phenoxy) is 1. The molecule has 0 bridgehead atoms. The summed E-state index contributed by atoms with van der Waals surface area (Å²) in [5.74, 6) is 1.20. The highest BCUT2D eigenvalue weighted by Gasteiger charge is 2.12. The summed E-state index contributed by atoms with van der Waals surface area (Å²) in [5.41, 5.74) is 3.64. The number of nitrogens with one attached hydrogen (secondary N) is 3. The lowest BCUT2D eigenvalue weighted by Crippen LogP contribution is -2.31. The third-order valence-corrected chi connectivity index (χ3v) is 3.97. The molecule has 0 aliphatic carbocycles. The zero-order valence-corrected chi connectivity index (χ0v) is 14.9. The van der Waals surface area contributed by atoms with E-state index >= 15 is 0 Å². The number of amides is 2. The van der Waals surface area contributed by atoms with Crippen LogP contribution in [0.3, 0.4) is 0 Å². The summed E-state index contributed by atoms with van der Waals surface area (Å²) in [6, 6.07) is 12.7. The van der Waals surface area contributed by atoms with E-state index in [0.29, 0.717) is 5.82 Å². The molecule has 7 nitrogen and oxygen atoms in total. The van der Waals surface area contributed by atoms with Gasteiger partial charge in [0.1, 0.15) is 5.75 Å². The van der Waals surface area contributed by atoms with Crippen LogP contribution >= 0.6 is 0 Å². The first-order chi connectivity index (χ1) is 12.5. The van der Waals surface area contributed by atoms with Gasteiger partial charge in [0.25, 0.3) is 0 Å². The number of hydrogen-bond acceptors (Lipinski definition) is 4. The molecule has 2 amide bonds. The van der Waals surface area contributed by atoms with E-state index in [4.69, 9.17) is 4.74 Å². The lowest BCUT2D eigenvalue weighted by molar-refractivity contribution is 0.249. The fourth-order valence-corrected chi connectivity index (χ4v) is 2.59. The number of anilines is 1. The van der Waals surface area contributed by atoms with E-state index < -0.39 is 0 Å². The number of aromatic amines is 1. The lowest BCUT2D eigenvalue weighted by Gasteiger charge is -2.15. The average molecular weight is 351 g/mol. The minimum absolute atomic E-state index is 0.175. The maximum atomic E-state index is 12.2. The van der Waals surface area contributed by atoms with Crippen molar-refractivity contribution in [2.24, 2.45) is 0 Å². The Balaban J connectivity index is 1.63. The maximum absolute atomic E-state index is 12.2. The highest BCUT2D eigenvalue weighted by molar-refractivity contribution is 5.89. The molecule has 3 N–H and O–H groups in total. The van der Waals surface area contributed by atoms with Crippen molar-refractivity contribution in [2.75, 3.05) is 12.4 Å². The second-order valence-corrected chi connectivity index (χ2v) is 5.95. The molecule has 134 valence electrons. The zero-order chi connectivity index (χ0) is 18.5. The molecule has 1 aromatic carbocycles. The first kappa shape index (κ1) is 17.5. The number of methoxy groups -OCH3 is 1. The van der Waals surface area contributed by atoms with E-state index in [-0.39, 0.29) is 12.1 Å². The number of H-pyrrole nitrogens is 1. The number of benzene rings is 1. The van der Waals surface area contributed by atoms with Crippen LogP contribution in [0.2, 0.25) is 0 Å². The van der Waals surface area contributed by atoms with Crippen molar-refractivity contribution in [3.63, 3.8) is 0 Å². The molecule has 1 atom stereocenters. The molecule has 0 fully saturated rings. The molecule has 2 aromatic heterocycles. The van der Waals surface area contributed by atoms with Crippen LogP contribution in [-0.4, -0.2) is 28.3 Å². The molecular weight excluding hydrogens is 330 g/mol. The Morgan fingerprint density at radius 3 is 2.85 bits per heavy atom. The number of carbonyl (C=O) groups is 1. The van der Waals surface area contributed by atoms with Crippen molar-refractivity contribution in [1.29, 1.82) is 0 Å². The van der Waals surface area contributed by atoms with Crippen molar-refractivity contribution in [1.82, 2.24) is 20.5 Å². The quantitative estimate of drug-likeness (QED) is 0.654. The van der Waals surface area contributed by atoms with Gasteiger partial charge >= 0.3 is 6.03 Å². The lowest BCUT2D eigenvalue weighted by atomic mass is 10.1. The van der Waals surface area contributed by atoms with Gasteiger partial charge in [0, 0.05) is 23.5 Å². The minimum atomic E-state index is -0.329. The normalized spacial score (nSPS) is 11.7. The summed E-state index contributed by atoms with van der Waals surface area (Å²) in [4.78, 5) is 16.4. The highest BCUT2D eigenvalue weighted by Crippen LogP contribution is 2.21. The van der Waals surface area contributed by atoms with Gasteiger partial charge in [-0.15, -0.1) is 0 Å². The number of hydrogen-bond donors (Lipinski definition) is 3. The Labute approximate surface area is 151 Å². The summed E-state index contributed by atoms with van der Waals surface area (Å²) in [6.45, 7) is 3.83. The standard InChI is InChI=1S/C19H21N5O2/c1-12-9-15(7-8-20-12)17-11-18(24-23-17)22-19(25)21-13(2)14-5-4-6-16(10-14)26-3/h4-11,13H,1-3H3,(H3,21,22,23,24,25)/t13-/m1/s1. The third kappa shape index (κ3) is 4.18. The molecule has 0 aliphatic heterocycles. The van der Waals surface area contributed by atoms with Crippen molar-refractivity contribution in [2.45, 2.75) is 19.9 Å². The summed E-state index contributed by atoms with van der Waals surface area (Å²) < 4.78 is 5.21. The van der Waals surface area contributed by atoms with Gasteiger partial charge in [0.2, 0.25) is 0 Å². The maximum Gasteiger partial charge on any atom is 0.320 e. The van der Waals surface area contributed by atoms with E-state index in [2.05, 4.69) is 25.8 Å². The van der Waals surface area contributed by atoms with Gasteiger partial charge in [-0.2, -0.15) is 5.10 Å². The number of carbonyl (C=O) groups excluding carboxylic acids is 1. The van der Waals surface area contributed by atoms with Crippen LogP contribution in [0.5, 0.6) is 5.75 Å². The first-order valence-corrected chi connectivity index (χ1v) is 8.25. The Hall–Kier alpha value is -3.35. The number of pyridine rings is 1. The Morgan fingerprint density at radius 2 is 2.08 bits per heavy atom. The largest absolute Gasteiger partial charge is 0.497 e. The van der Waals surface area contributed by atoms with Gasteiger partial charge in [-0.25, -0.2) is 4.79 Å². The van der Waals surface area contributed by atoms with E-state index in [1.54, 1.807) is 19.4 Å². The van der Waals surface area contributed by atoms with Gasteiger partial charge < -0.3 is 10.1 Å². The monoisotopic (exact) mass is 351 g/mol. The van der Waals surface area contributed by atoms with Crippen LogP contribution in [0.15, 0.2) is 48.7 Å². The molecule has 7 heteroatoms. The van der Waals surface area contributed by atoms with Crippen LogP contribution in [0.1, 0.15) is 24.2 Å². The van der Waals surface area contributed by atoms with Gasteiger partial charge in [0.05, 0.1) is 18.8 Å². The average Bonchev–Trinajstić information content (AvgIpc) is 3.10. The number of rotatable bonds is 5. The van der Waals surface area contributed by atoms with E-state index in [0.717, 1.165) is 28.3 Å². The van der Waals surface area contributed by atoms with Crippen LogP contribution in [-0.2, 0) is 0 Å². The number of aromatic nitrogens is 3. The topological polar surface area (TPSA) is 91.9 Å². The SMILES string of the molecule is COc1cccc([C@@H](C)NC(=O)Nc2cc(-c3ccnc(C)c3)[nH]n2)c1. The molecule has 3 rings (SSSR count). The van der Waals surface area contributed by atoms with Gasteiger partial charge in [-0.1, -0.05) is 12.1 Å². The summed E-state index contributed by atoms with van der Waals surface area (Å²) >= 11 is 0. The van der Waals surface area contributed by atoms with Crippen LogP contribution in [0, 0.1) is 6.92 Å². The number of aryl methyl sites for hydroxylation is 1. The van der Waals surface area contributed by atoms with E-state index in [1.165, 1.54) is 0 Å². The summed E-state index contributed by atoms with van der Waals surface area (Å²) in [6.07, 6.45) is 1.74. The third-order valence-electron chi connectivity index (χ3n) is 3.97. The molecule has 0 unspecified atom stereocenters. The van der Waals surface area contributed by atoms with Crippen molar-refractivity contribution < 1.29 is 9.53 Å². The van der Waals surface area contributed by atoms with E-state index in [1.807, 2.05) is 50.2 Å². The van der Waals surface area contributed by atoms with E-state index in [9.17, 15) is 4.79 Å². The van der Waals surface area contributed by atoms with Crippen LogP contribution in [0.4, 0.5) is 10.6 Å². The Kier molecular flexibility index (Phi) is 5.17. The molecule has 26 heavy (non-hydrogen) atoms. The van der Waals surface area contributed by atoms with Crippen molar-refractivity contribution in [3.8, 4) is 17.0 Å². The van der Waals surface area contributed by atoms with Crippen LogP contribution < -0.4 is 15.4 Å². The Bertz CT molecular complexity index is 906. The molecule has 0 radical (unpaired) electrons. The molecule has 3 aromatic rings. The van der Waals surface area contributed by atoms with Crippen molar-refractivity contribution in [3.05, 3.63) is 59.9 Å². The molecule has 0 saturated heterocycles. The van der Waals surface area contributed by atoms with Crippen molar-refractivity contribution >= 4 is 11.8 Å². The van der Waals surface area contributed by atoms with Crippen LogP contribution in [0.25, 0.3) is 11.3 Å². The first-order valence-electron chi connectivity index (χ1n) is 8.25. The highest BCUT2D eigenvalue weighted by atomic mass is 16.5. The Morgan fingerprint density at radius 1 is 1.23 bits per heavy atom. The molecule has 2 heterocycles. The van der Waals surface area contributed by atoms with Gasteiger partial charge in [-0.3, -0.25) is 15.4 Å². The van der Waals surface area contributed by atoms with Gasteiger partial charge in [0.15, 0.2) is 5.82 Å². The number of nitrogens with zero attached hydrogens (tertiary/aromatic N) is 2. The zero-order valence-electron chi connectivity index (χ0n) is 14.9. The molecule has 0 aliphatic rings. The summed E-state index contributed by atoms with van der Waals surface area (Å²) in [7, 11) is 1.61. The molecular formula is C19H21N5O2. The smallest absolute Gasteiger partial charge is 0.320 e. The number of urea groups is 1.